The largest absolute Gasteiger partial charge is 0.478 e. The summed E-state index contributed by atoms with van der Waals surface area (Å²) in [5.41, 5.74) is 1.27. The van der Waals surface area contributed by atoms with Gasteiger partial charge in [-0.3, -0.25) is 4.90 Å². The van der Waals surface area contributed by atoms with E-state index in [4.69, 9.17) is 9.84 Å². The lowest BCUT2D eigenvalue weighted by Gasteiger charge is -2.38. The highest BCUT2D eigenvalue weighted by atomic mass is 16.5. The van der Waals surface area contributed by atoms with Gasteiger partial charge < -0.3 is 14.7 Å². The Hall–Kier alpha value is -2.77. The molecule has 7 nitrogen and oxygen atoms in total. The smallest absolute Gasteiger partial charge is 0.338 e. The molecular weight excluding hydrogens is 344 g/mol. The first-order valence-corrected chi connectivity index (χ1v) is 8.94. The van der Waals surface area contributed by atoms with Crippen LogP contribution in [-0.4, -0.2) is 71.9 Å². The molecule has 1 aromatic heterocycles. The molecule has 1 aliphatic heterocycles. The summed E-state index contributed by atoms with van der Waals surface area (Å²) >= 11 is 0. The summed E-state index contributed by atoms with van der Waals surface area (Å²) in [5.74, 6) is -0.443. The van der Waals surface area contributed by atoms with Crippen molar-refractivity contribution >= 4 is 18.0 Å². The van der Waals surface area contributed by atoms with Crippen LogP contribution in [0.5, 0.6) is 0 Å². The SMILES string of the molecule is COCC(C=Cc1ccccc1)N1CCN(c2ncc(C(=O)O)cn2)CC1. The average molecular weight is 368 g/mol. The molecule has 3 rings (SSSR count). The number of rotatable bonds is 7. The van der Waals surface area contributed by atoms with Gasteiger partial charge in [0.1, 0.15) is 0 Å². The normalized spacial score (nSPS) is 16.6. The highest BCUT2D eigenvalue weighted by Crippen LogP contribution is 2.14. The molecule has 27 heavy (non-hydrogen) atoms. The van der Waals surface area contributed by atoms with Crippen LogP contribution in [0.1, 0.15) is 15.9 Å². The first-order chi connectivity index (χ1) is 13.2. The van der Waals surface area contributed by atoms with Crippen LogP contribution in [-0.2, 0) is 4.74 Å². The lowest BCUT2D eigenvalue weighted by molar-refractivity contribution is 0.0696. The quantitative estimate of drug-likeness (QED) is 0.801. The number of methoxy groups -OCH3 is 1. The third kappa shape index (κ3) is 5.12. The van der Waals surface area contributed by atoms with Gasteiger partial charge in [-0.15, -0.1) is 0 Å². The van der Waals surface area contributed by atoms with Gasteiger partial charge in [-0.1, -0.05) is 42.5 Å². The average Bonchev–Trinajstić information content (AvgIpc) is 2.72. The van der Waals surface area contributed by atoms with Crippen molar-refractivity contribution < 1.29 is 14.6 Å². The van der Waals surface area contributed by atoms with Crippen molar-refractivity contribution in [1.29, 1.82) is 0 Å². The fourth-order valence-electron chi connectivity index (χ4n) is 3.09. The Morgan fingerprint density at radius 1 is 1.19 bits per heavy atom. The summed E-state index contributed by atoms with van der Waals surface area (Å²) in [6.07, 6.45) is 7.02. The minimum atomic E-state index is -1.01. The van der Waals surface area contributed by atoms with Gasteiger partial charge in [0.05, 0.1) is 18.2 Å². The van der Waals surface area contributed by atoms with Crippen molar-refractivity contribution in [2.75, 3.05) is 44.8 Å². The minimum Gasteiger partial charge on any atom is -0.478 e. The molecule has 2 aromatic rings. The first kappa shape index (κ1) is 19.0. The number of benzene rings is 1. The van der Waals surface area contributed by atoms with Crippen molar-refractivity contribution in [3.05, 3.63) is 59.9 Å². The van der Waals surface area contributed by atoms with Gasteiger partial charge in [-0.05, 0) is 5.56 Å². The molecule has 0 saturated carbocycles. The second kappa shape index (κ2) is 9.25. The molecule has 1 unspecified atom stereocenters. The van der Waals surface area contributed by atoms with Crippen molar-refractivity contribution in [2.24, 2.45) is 0 Å². The Kier molecular flexibility index (Phi) is 6.51. The van der Waals surface area contributed by atoms with Crippen molar-refractivity contribution in [3.63, 3.8) is 0 Å². The minimum absolute atomic E-state index is 0.101. The fourth-order valence-corrected chi connectivity index (χ4v) is 3.09. The van der Waals surface area contributed by atoms with E-state index in [0.29, 0.717) is 12.6 Å². The molecule has 1 atom stereocenters. The number of anilines is 1. The monoisotopic (exact) mass is 368 g/mol. The standard InChI is InChI=1S/C20H24N4O3/c1-27-15-18(8-7-16-5-3-2-4-6-16)23-9-11-24(12-10-23)20-21-13-17(14-22-20)19(25)26/h2-8,13-14,18H,9-12,15H2,1H3,(H,25,26). The number of aromatic carboxylic acids is 1. The van der Waals surface area contributed by atoms with Gasteiger partial charge in [0.25, 0.3) is 0 Å². The Morgan fingerprint density at radius 3 is 2.44 bits per heavy atom. The first-order valence-electron chi connectivity index (χ1n) is 8.94. The van der Waals surface area contributed by atoms with Crippen LogP contribution in [0.4, 0.5) is 5.95 Å². The molecule has 2 heterocycles. The zero-order chi connectivity index (χ0) is 19.1. The molecule has 7 heteroatoms. The molecule has 0 radical (unpaired) electrons. The lowest BCUT2D eigenvalue weighted by atomic mass is 10.1. The van der Waals surface area contributed by atoms with E-state index in [9.17, 15) is 4.79 Å². The molecule has 0 spiro atoms. The van der Waals surface area contributed by atoms with E-state index in [1.807, 2.05) is 18.2 Å². The number of ether oxygens (including phenoxy) is 1. The highest BCUT2D eigenvalue weighted by Gasteiger charge is 2.23. The zero-order valence-corrected chi connectivity index (χ0v) is 15.4. The molecular formula is C20H24N4O3. The number of carboxylic acids is 1. The fraction of sp³-hybridized carbons (Fsp3) is 0.350. The van der Waals surface area contributed by atoms with E-state index in [0.717, 1.165) is 26.2 Å². The van der Waals surface area contributed by atoms with Gasteiger partial charge in [0.15, 0.2) is 0 Å². The summed E-state index contributed by atoms with van der Waals surface area (Å²) in [6.45, 7) is 3.92. The molecule has 142 valence electrons. The van der Waals surface area contributed by atoms with Gasteiger partial charge in [0.2, 0.25) is 5.95 Å². The third-order valence-corrected chi connectivity index (χ3v) is 4.60. The van der Waals surface area contributed by atoms with E-state index in [1.165, 1.54) is 18.0 Å². The topological polar surface area (TPSA) is 78.8 Å². The van der Waals surface area contributed by atoms with Crippen molar-refractivity contribution in [2.45, 2.75) is 6.04 Å². The second-order valence-electron chi connectivity index (χ2n) is 6.39. The van der Waals surface area contributed by atoms with Crippen LogP contribution in [0, 0.1) is 0 Å². The van der Waals surface area contributed by atoms with E-state index in [1.54, 1.807) is 7.11 Å². The maximum atomic E-state index is 10.9. The van der Waals surface area contributed by atoms with Crippen LogP contribution >= 0.6 is 0 Å². The number of nitrogens with zero attached hydrogens (tertiary/aromatic N) is 4. The van der Waals surface area contributed by atoms with E-state index in [2.05, 4.69) is 44.1 Å². The molecule has 0 bridgehead atoms. The molecule has 1 N–H and O–H groups in total. The van der Waals surface area contributed by atoms with Gasteiger partial charge in [0, 0.05) is 45.7 Å². The van der Waals surface area contributed by atoms with Crippen LogP contribution in [0.2, 0.25) is 0 Å². The Balaban J connectivity index is 1.60. The summed E-state index contributed by atoms with van der Waals surface area (Å²) in [7, 11) is 1.72. The Labute approximate surface area is 158 Å². The van der Waals surface area contributed by atoms with E-state index < -0.39 is 5.97 Å². The number of hydrogen-bond donors (Lipinski definition) is 1. The molecule has 1 aliphatic rings. The summed E-state index contributed by atoms with van der Waals surface area (Å²) in [5, 5.41) is 8.95. The van der Waals surface area contributed by atoms with Crippen molar-refractivity contribution in [1.82, 2.24) is 14.9 Å². The molecule has 0 amide bonds. The predicted octanol–water partition coefficient (Wildman–Crippen LogP) is 2.03. The maximum absolute atomic E-state index is 10.9. The van der Waals surface area contributed by atoms with E-state index in [-0.39, 0.29) is 11.6 Å². The van der Waals surface area contributed by atoms with E-state index >= 15 is 0 Å². The lowest BCUT2D eigenvalue weighted by Crippen LogP contribution is -2.51. The van der Waals surface area contributed by atoms with Crippen LogP contribution in [0.25, 0.3) is 6.08 Å². The predicted molar refractivity (Wildman–Crippen MR) is 104 cm³/mol. The molecule has 1 fully saturated rings. The van der Waals surface area contributed by atoms with Crippen LogP contribution < -0.4 is 4.90 Å². The second-order valence-corrected chi connectivity index (χ2v) is 6.39. The zero-order valence-electron chi connectivity index (χ0n) is 15.4. The van der Waals surface area contributed by atoms with Gasteiger partial charge in [-0.25, -0.2) is 14.8 Å². The number of hydrogen-bond acceptors (Lipinski definition) is 6. The number of carbonyl (C=O) groups is 1. The number of carboxylic acid groups (broad SMARTS) is 1. The summed E-state index contributed by atoms with van der Waals surface area (Å²) in [6, 6.07) is 10.4. The Bertz CT molecular complexity index is 757. The summed E-state index contributed by atoms with van der Waals surface area (Å²) in [4.78, 5) is 23.7. The number of aromatic nitrogens is 2. The molecule has 1 saturated heterocycles. The van der Waals surface area contributed by atoms with Crippen LogP contribution in [0.3, 0.4) is 0 Å². The third-order valence-electron chi connectivity index (χ3n) is 4.60. The van der Waals surface area contributed by atoms with Gasteiger partial charge in [-0.2, -0.15) is 0 Å². The molecule has 0 aliphatic carbocycles. The van der Waals surface area contributed by atoms with Crippen LogP contribution in [0.15, 0.2) is 48.8 Å². The maximum Gasteiger partial charge on any atom is 0.338 e. The van der Waals surface area contributed by atoms with Crippen molar-refractivity contribution in [3.8, 4) is 0 Å². The molecule has 1 aromatic carbocycles. The Morgan fingerprint density at radius 2 is 1.85 bits per heavy atom. The number of piperazine rings is 1. The highest BCUT2D eigenvalue weighted by molar-refractivity contribution is 5.86. The van der Waals surface area contributed by atoms with Gasteiger partial charge >= 0.3 is 5.97 Å². The summed E-state index contributed by atoms with van der Waals surface area (Å²) < 4.78 is 5.41.